The van der Waals surface area contributed by atoms with Crippen molar-refractivity contribution in [1.29, 1.82) is 0 Å². The second kappa shape index (κ2) is 5.31. The number of aryl methyl sites for hydroxylation is 1. The van der Waals surface area contributed by atoms with Crippen LogP contribution in [-0.2, 0) is 13.0 Å². The predicted octanol–water partition coefficient (Wildman–Crippen LogP) is 2.08. The average molecular weight is 209 g/mol. The Labute approximate surface area is 92.9 Å². The summed E-state index contributed by atoms with van der Waals surface area (Å²) in [6.45, 7) is 8.87. The van der Waals surface area contributed by atoms with Gasteiger partial charge in [0, 0.05) is 25.7 Å². The van der Waals surface area contributed by atoms with E-state index < -0.39 is 0 Å². The zero-order valence-electron chi connectivity index (χ0n) is 10.4. The molecular formula is C12H23N3. The van der Waals surface area contributed by atoms with Crippen molar-refractivity contribution < 1.29 is 0 Å². The van der Waals surface area contributed by atoms with Crippen molar-refractivity contribution in [3.05, 3.63) is 18.2 Å². The molecule has 0 bridgehead atoms. The molecular weight excluding hydrogens is 186 g/mol. The molecule has 3 heteroatoms. The first kappa shape index (κ1) is 12.2. The van der Waals surface area contributed by atoms with Crippen molar-refractivity contribution in [1.82, 2.24) is 14.9 Å². The van der Waals surface area contributed by atoms with Crippen molar-refractivity contribution >= 4 is 0 Å². The third-order valence-corrected chi connectivity index (χ3v) is 2.44. The molecule has 0 saturated heterocycles. The van der Waals surface area contributed by atoms with Crippen molar-refractivity contribution in [2.24, 2.45) is 5.41 Å². The molecule has 3 nitrogen and oxygen atoms in total. The van der Waals surface area contributed by atoms with Crippen LogP contribution >= 0.6 is 0 Å². The molecule has 86 valence electrons. The number of nitrogens with one attached hydrogen (secondary N) is 1. The number of imidazole rings is 1. The molecule has 0 aliphatic rings. The fraction of sp³-hybridized carbons (Fsp3) is 0.750. The second-order valence-corrected chi connectivity index (χ2v) is 5.27. The molecule has 15 heavy (non-hydrogen) atoms. The first-order valence-corrected chi connectivity index (χ1v) is 5.66. The van der Waals surface area contributed by atoms with Crippen molar-refractivity contribution in [2.45, 2.75) is 40.2 Å². The van der Waals surface area contributed by atoms with Gasteiger partial charge in [0.2, 0.25) is 0 Å². The third-order valence-electron chi connectivity index (χ3n) is 2.44. The number of rotatable bonds is 5. The molecule has 0 spiro atoms. The molecule has 1 N–H and O–H groups in total. The molecule has 0 radical (unpaired) electrons. The lowest BCUT2D eigenvalue weighted by Crippen LogP contribution is -2.10. The maximum Gasteiger partial charge on any atom is 0.0949 e. The summed E-state index contributed by atoms with van der Waals surface area (Å²) in [4.78, 5) is 4.38. The summed E-state index contributed by atoms with van der Waals surface area (Å²) in [5, 5.41) is 3.13. The van der Waals surface area contributed by atoms with Crippen LogP contribution in [0.1, 0.15) is 32.9 Å². The van der Waals surface area contributed by atoms with E-state index in [-0.39, 0.29) is 0 Å². The smallest absolute Gasteiger partial charge is 0.0949 e. The largest absolute Gasteiger partial charge is 0.337 e. The van der Waals surface area contributed by atoms with Crippen molar-refractivity contribution in [3.8, 4) is 0 Å². The Balaban J connectivity index is 2.39. The van der Waals surface area contributed by atoms with Crippen LogP contribution < -0.4 is 5.32 Å². The first-order valence-electron chi connectivity index (χ1n) is 5.66. The molecule has 0 unspecified atom stereocenters. The molecule has 0 aliphatic carbocycles. The summed E-state index contributed by atoms with van der Waals surface area (Å²) in [6.07, 6.45) is 6.30. The van der Waals surface area contributed by atoms with Gasteiger partial charge >= 0.3 is 0 Å². The zero-order valence-corrected chi connectivity index (χ0v) is 10.4. The number of aromatic nitrogens is 2. The van der Waals surface area contributed by atoms with Crippen LogP contribution in [0, 0.1) is 5.41 Å². The standard InChI is InChI=1S/C12H23N3/c1-12(2,3)6-8-15-9-11(14-10-15)5-7-13-4/h9-10,13H,5-8H2,1-4H3. The Morgan fingerprint density at radius 1 is 1.40 bits per heavy atom. The van der Waals surface area contributed by atoms with Crippen molar-refractivity contribution in [2.75, 3.05) is 13.6 Å². The van der Waals surface area contributed by atoms with Crippen LogP contribution in [0.3, 0.4) is 0 Å². The summed E-state index contributed by atoms with van der Waals surface area (Å²) in [6, 6.07) is 0. The Kier molecular flexibility index (Phi) is 4.33. The van der Waals surface area contributed by atoms with Gasteiger partial charge in [0.1, 0.15) is 0 Å². The minimum absolute atomic E-state index is 0.398. The van der Waals surface area contributed by atoms with Gasteiger partial charge < -0.3 is 9.88 Å². The summed E-state index contributed by atoms with van der Waals surface area (Å²) in [5.41, 5.74) is 1.58. The fourth-order valence-corrected chi connectivity index (χ4v) is 1.38. The lowest BCUT2D eigenvalue weighted by Gasteiger charge is -2.17. The van der Waals surface area contributed by atoms with E-state index in [4.69, 9.17) is 0 Å². The summed E-state index contributed by atoms with van der Waals surface area (Å²) >= 11 is 0. The summed E-state index contributed by atoms with van der Waals surface area (Å²) in [5.74, 6) is 0. The maximum absolute atomic E-state index is 4.38. The Morgan fingerprint density at radius 2 is 2.13 bits per heavy atom. The predicted molar refractivity (Wildman–Crippen MR) is 63.9 cm³/mol. The lowest BCUT2D eigenvalue weighted by molar-refractivity contribution is 0.350. The molecule has 0 aromatic carbocycles. The highest BCUT2D eigenvalue weighted by Gasteiger charge is 2.09. The summed E-state index contributed by atoms with van der Waals surface area (Å²) in [7, 11) is 1.97. The van der Waals surface area contributed by atoms with Crippen LogP contribution in [0.25, 0.3) is 0 Å². The normalized spacial score (nSPS) is 12.0. The van der Waals surface area contributed by atoms with E-state index in [1.807, 2.05) is 13.4 Å². The van der Waals surface area contributed by atoms with E-state index in [0.717, 1.165) is 19.5 Å². The van der Waals surface area contributed by atoms with E-state index in [9.17, 15) is 0 Å². The van der Waals surface area contributed by atoms with Crippen molar-refractivity contribution in [3.63, 3.8) is 0 Å². The van der Waals surface area contributed by atoms with Gasteiger partial charge in [-0.3, -0.25) is 0 Å². The van der Waals surface area contributed by atoms with E-state index in [0.29, 0.717) is 5.41 Å². The molecule has 0 fully saturated rings. The molecule has 0 atom stereocenters. The molecule has 1 aromatic rings. The quantitative estimate of drug-likeness (QED) is 0.804. The maximum atomic E-state index is 4.38. The van der Waals surface area contributed by atoms with Gasteiger partial charge in [-0.25, -0.2) is 4.98 Å². The Morgan fingerprint density at radius 3 is 2.73 bits per heavy atom. The third kappa shape index (κ3) is 4.98. The number of nitrogens with zero attached hydrogens (tertiary/aromatic N) is 2. The highest BCUT2D eigenvalue weighted by Crippen LogP contribution is 2.19. The Hall–Kier alpha value is -0.830. The number of hydrogen-bond acceptors (Lipinski definition) is 2. The van der Waals surface area contributed by atoms with Crippen LogP contribution in [-0.4, -0.2) is 23.1 Å². The number of hydrogen-bond donors (Lipinski definition) is 1. The second-order valence-electron chi connectivity index (χ2n) is 5.27. The minimum atomic E-state index is 0.398. The van der Waals surface area contributed by atoms with Crippen LogP contribution in [0.5, 0.6) is 0 Å². The number of likely N-dealkylation sites (N-methyl/N-ethyl adjacent to an activating group) is 1. The fourth-order valence-electron chi connectivity index (χ4n) is 1.38. The van der Waals surface area contributed by atoms with E-state index >= 15 is 0 Å². The van der Waals surface area contributed by atoms with E-state index in [1.165, 1.54) is 12.1 Å². The average Bonchev–Trinajstić information content (AvgIpc) is 2.58. The highest BCUT2D eigenvalue weighted by molar-refractivity contribution is 4.97. The molecule has 0 saturated carbocycles. The van der Waals surface area contributed by atoms with Crippen LogP contribution in [0.15, 0.2) is 12.5 Å². The van der Waals surface area contributed by atoms with Gasteiger partial charge in [0.15, 0.2) is 0 Å². The van der Waals surface area contributed by atoms with Crippen LogP contribution in [0.2, 0.25) is 0 Å². The van der Waals surface area contributed by atoms with Gasteiger partial charge in [0.05, 0.1) is 12.0 Å². The van der Waals surface area contributed by atoms with Gasteiger partial charge in [-0.05, 0) is 18.9 Å². The highest BCUT2D eigenvalue weighted by atomic mass is 15.0. The first-order chi connectivity index (χ1) is 7.01. The summed E-state index contributed by atoms with van der Waals surface area (Å²) < 4.78 is 2.19. The molecule has 0 amide bonds. The topological polar surface area (TPSA) is 29.9 Å². The SMILES string of the molecule is CNCCc1cn(CCC(C)(C)C)cn1. The molecule has 1 aromatic heterocycles. The molecule has 0 aliphatic heterocycles. The molecule has 1 heterocycles. The lowest BCUT2D eigenvalue weighted by atomic mass is 9.92. The van der Waals surface area contributed by atoms with Gasteiger partial charge in [-0.15, -0.1) is 0 Å². The monoisotopic (exact) mass is 209 g/mol. The Bertz CT molecular complexity index is 283. The zero-order chi connectivity index (χ0) is 11.3. The van der Waals surface area contributed by atoms with E-state index in [2.05, 4.69) is 41.8 Å². The minimum Gasteiger partial charge on any atom is -0.337 e. The van der Waals surface area contributed by atoms with Crippen LogP contribution in [0.4, 0.5) is 0 Å². The molecule has 1 rings (SSSR count). The van der Waals surface area contributed by atoms with Gasteiger partial charge in [-0.1, -0.05) is 20.8 Å². The van der Waals surface area contributed by atoms with Gasteiger partial charge in [-0.2, -0.15) is 0 Å². The van der Waals surface area contributed by atoms with E-state index in [1.54, 1.807) is 0 Å². The van der Waals surface area contributed by atoms with Gasteiger partial charge in [0.25, 0.3) is 0 Å².